The van der Waals surface area contributed by atoms with E-state index in [9.17, 15) is 14.2 Å². The number of aryl methyl sites for hydroxylation is 1. The topological polar surface area (TPSA) is 128 Å². The van der Waals surface area contributed by atoms with E-state index in [1.54, 1.807) is 71.9 Å². The molecule has 0 saturated heterocycles. The second kappa shape index (κ2) is 17.6. The number of halogens is 1. The Hall–Kier alpha value is -2.73. The van der Waals surface area contributed by atoms with Crippen molar-refractivity contribution in [1.82, 2.24) is 5.32 Å². The van der Waals surface area contributed by atoms with Crippen LogP contribution >= 0.6 is 31.2 Å². The van der Waals surface area contributed by atoms with Gasteiger partial charge in [0.25, 0.3) is 0 Å². The van der Waals surface area contributed by atoms with Crippen LogP contribution in [0.2, 0.25) is 5.02 Å². The van der Waals surface area contributed by atoms with Crippen LogP contribution in [0, 0.1) is 0 Å². The first kappa shape index (κ1) is 40.4. The molecule has 1 N–H and O–H groups in total. The zero-order valence-electron chi connectivity index (χ0n) is 28.6. The summed E-state index contributed by atoms with van der Waals surface area (Å²) in [4.78, 5) is 26.7. The van der Waals surface area contributed by atoms with E-state index < -0.39 is 36.8 Å². The number of nitrogens with one attached hydrogen (secondary N) is 1. The lowest BCUT2D eigenvalue weighted by Gasteiger charge is -2.35. The molecule has 0 aromatic heterocycles. The predicted molar refractivity (Wildman–Crippen MR) is 183 cm³/mol. The first-order chi connectivity index (χ1) is 21.8. The summed E-state index contributed by atoms with van der Waals surface area (Å²) >= 11 is 8.11. The highest BCUT2D eigenvalue weighted by Gasteiger charge is 2.37. The van der Waals surface area contributed by atoms with Gasteiger partial charge in [-0.15, -0.1) is 6.58 Å². The van der Waals surface area contributed by atoms with E-state index in [1.807, 2.05) is 19.1 Å². The van der Waals surface area contributed by atoms with Crippen LogP contribution in [-0.2, 0) is 34.0 Å². The van der Waals surface area contributed by atoms with Gasteiger partial charge in [0.2, 0.25) is 0 Å². The van der Waals surface area contributed by atoms with E-state index in [0.29, 0.717) is 40.9 Å². The maximum Gasteiger partial charge on any atom is 0.514 e. The van der Waals surface area contributed by atoms with Crippen LogP contribution in [0.3, 0.4) is 0 Å². The molecule has 0 radical (unpaired) electrons. The minimum absolute atomic E-state index is 0.223. The van der Waals surface area contributed by atoms with Crippen molar-refractivity contribution >= 4 is 43.4 Å². The van der Waals surface area contributed by atoms with Crippen molar-refractivity contribution in [2.45, 2.75) is 94.3 Å². The molecule has 0 fully saturated rings. The van der Waals surface area contributed by atoms with Gasteiger partial charge in [0.05, 0.1) is 23.6 Å². The fourth-order valence-electron chi connectivity index (χ4n) is 4.13. The summed E-state index contributed by atoms with van der Waals surface area (Å²) in [6, 6.07) is 10.7. The Morgan fingerprint density at radius 3 is 2.21 bits per heavy atom. The quantitative estimate of drug-likeness (QED) is 0.0773. The molecule has 2 rings (SSSR count). The van der Waals surface area contributed by atoms with Gasteiger partial charge in [-0.2, -0.15) is 0 Å². The minimum Gasteiger partial charge on any atom is -0.494 e. The molecule has 262 valence electrons. The highest BCUT2D eigenvalue weighted by atomic mass is 35.5. The monoisotopic (exact) mass is 715 g/mol. The summed E-state index contributed by atoms with van der Waals surface area (Å²) in [7, 11) is -1.45. The molecule has 1 atom stereocenters. The van der Waals surface area contributed by atoms with Gasteiger partial charge in [0.15, 0.2) is 0 Å². The third kappa shape index (κ3) is 14.1. The second-order valence-corrected chi connectivity index (χ2v) is 15.9. The molecule has 2 aromatic rings. The Bertz CT molecular complexity index is 1420. The van der Waals surface area contributed by atoms with Crippen LogP contribution < -0.4 is 14.8 Å². The van der Waals surface area contributed by atoms with Crippen LogP contribution in [0.1, 0.15) is 66.9 Å². The molecule has 14 heteroatoms. The van der Waals surface area contributed by atoms with Crippen LogP contribution in [0.15, 0.2) is 58.8 Å². The van der Waals surface area contributed by atoms with Crippen molar-refractivity contribution in [2.24, 2.45) is 0 Å². The van der Waals surface area contributed by atoms with Gasteiger partial charge in [-0.3, -0.25) is 13.6 Å². The minimum atomic E-state index is -3.87. The summed E-state index contributed by atoms with van der Waals surface area (Å²) in [6.07, 6.45) is 1.08. The number of hydrogen-bond acceptors (Lipinski definition) is 11. The summed E-state index contributed by atoms with van der Waals surface area (Å²) < 4.78 is 50.2. The fourth-order valence-corrected chi connectivity index (χ4v) is 6.18. The van der Waals surface area contributed by atoms with Crippen molar-refractivity contribution in [1.29, 1.82) is 0 Å². The van der Waals surface area contributed by atoms with Gasteiger partial charge in [-0.25, -0.2) is 14.2 Å². The molecule has 0 bridgehead atoms. The highest BCUT2D eigenvalue weighted by Crippen LogP contribution is 2.48. The van der Waals surface area contributed by atoms with Gasteiger partial charge < -0.3 is 24.3 Å². The van der Waals surface area contributed by atoms with Crippen molar-refractivity contribution in [2.75, 3.05) is 27.4 Å². The number of phosphoric ester groups is 1. The Balaban J connectivity index is 2.35. The number of ether oxygens (including phenoxy) is 4. The van der Waals surface area contributed by atoms with Crippen LogP contribution in [0.4, 0.5) is 9.59 Å². The number of amides is 1. The maximum absolute atomic E-state index is 12.9. The number of carbonyl (C=O) groups is 2. The molecule has 0 spiro atoms. The smallest absolute Gasteiger partial charge is 0.494 e. The average molecular weight is 716 g/mol. The number of alkyl carbamates (subject to hydrolysis) is 1. The molecule has 47 heavy (non-hydrogen) atoms. The van der Waals surface area contributed by atoms with E-state index in [-0.39, 0.29) is 13.0 Å². The Morgan fingerprint density at radius 2 is 1.66 bits per heavy atom. The Labute approximate surface area is 287 Å². The van der Waals surface area contributed by atoms with E-state index in [2.05, 4.69) is 11.9 Å². The Morgan fingerprint density at radius 1 is 1.00 bits per heavy atom. The molecule has 11 nitrogen and oxygen atoms in total. The summed E-state index contributed by atoms with van der Waals surface area (Å²) in [5.41, 5.74) is -1.79. The van der Waals surface area contributed by atoms with Crippen molar-refractivity contribution in [3.63, 3.8) is 0 Å². The summed E-state index contributed by atoms with van der Waals surface area (Å²) in [5.74, 6) is 0.916. The van der Waals surface area contributed by atoms with E-state index in [1.165, 1.54) is 26.0 Å². The number of rotatable bonds is 16. The third-order valence-electron chi connectivity index (χ3n) is 6.18. The van der Waals surface area contributed by atoms with E-state index in [4.69, 9.17) is 44.1 Å². The lowest BCUT2D eigenvalue weighted by molar-refractivity contribution is 0.0200. The predicted octanol–water partition coefficient (Wildman–Crippen LogP) is 9.39. The van der Waals surface area contributed by atoms with Crippen molar-refractivity contribution < 1.29 is 46.7 Å². The fraction of sp³-hybridized carbons (Fsp3) is 0.515. The highest BCUT2D eigenvalue weighted by molar-refractivity contribution is 7.99. The van der Waals surface area contributed by atoms with Crippen LogP contribution in [0.25, 0.3) is 0 Å². The van der Waals surface area contributed by atoms with E-state index in [0.717, 1.165) is 10.5 Å². The second-order valence-electron chi connectivity index (χ2n) is 12.4. The lowest BCUT2D eigenvalue weighted by atomic mass is 9.88. The average Bonchev–Trinajstić information content (AvgIpc) is 2.95. The Kier molecular flexibility index (Phi) is 15.1. The molecule has 0 heterocycles. The molecular formula is C33H47ClNO10PS. The SMILES string of the molecule is C=CC[C@](CCc1ccc(Sc2cc(OCC)ccc2OC(=O)OC(C)(C)C)cc1Cl)(COP(=O)(OC)OC)NC(=O)OC(C)(C)C. The molecule has 0 aliphatic carbocycles. The summed E-state index contributed by atoms with van der Waals surface area (Å²) in [5, 5.41) is 3.36. The van der Waals surface area contributed by atoms with Gasteiger partial charge in [-0.1, -0.05) is 35.5 Å². The number of phosphoric acid groups is 1. The van der Waals surface area contributed by atoms with E-state index >= 15 is 0 Å². The normalized spacial score (nSPS) is 13.3. The third-order valence-corrected chi connectivity index (χ3v) is 8.90. The van der Waals surface area contributed by atoms with Crippen molar-refractivity contribution in [3.8, 4) is 11.5 Å². The summed E-state index contributed by atoms with van der Waals surface area (Å²) in [6.45, 7) is 16.5. The zero-order valence-corrected chi connectivity index (χ0v) is 31.1. The van der Waals surface area contributed by atoms with Gasteiger partial charge in [0.1, 0.15) is 22.7 Å². The lowest BCUT2D eigenvalue weighted by Crippen LogP contribution is -2.53. The molecular weight excluding hydrogens is 669 g/mol. The van der Waals surface area contributed by atoms with Crippen LogP contribution in [-0.4, -0.2) is 56.4 Å². The number of hydrogen-bond donors (Lipinski definition) is 1. The molecule has 0 unspecified atom stereocenters. The molecule has 0 saturated carbocycles. The zero-order chi connectivity index (χ0) is 35.5. The van der Waals surface area contributed by atoms with Crippen LogP contribution in [0.5, 0.6) is 11.5 Å². The molecule has 2 aromatic carbocycles. The van der Waals surface area contributed by atoms with Gasteiger partial charge in [0, 0.05) is 24.1 Å². The first-order valence-electron chi connectivity index (χ1n) is 15.0. The first-order valence-corrected chi connectivity index (χ1v) is 17.6. The van der Waals surface area contributed by atoms with Gasteiger partial charge >= 0.3 is 20.1 Å². The number of carbonyl (C=O) groups excluding carboxylic acids is 2. The van der Waals surface area contributed by atoms with Crippen molar-refractivity contribution in [3.05, 3.63) is 59.6 Å². The maximum atomic E-state index is 12.9. The molecule has 0 aliphatic rings. The standard InChI is InChI=1S/C33H47ClNO10PS/c1-11-18-33(22-42-46(38,39-9)40-10,35-29(36)44-31(3,4)5)19-17-23-13-15-25(21-26(23)34)47-28-20-24(41-12-2)14-16-27(28)43-30(37)45-32(6,7)8/h11,13-16,20-21H,1,12,17-19,22H2,2-10H3,(H,35,36)/t33-/m0/s1. The number of benzene rings is 2. The molecule has 0 aliphatic heterocycles. The largest absolute Gasteiger partial charge is 0.514 e. The van der Waals surface area contributed by atoms with Gasteiger partial charge in [-0.05, 0) is 104 Å². The molecule has 1 amide bonds.